The summed E-state index contributed by atoms with van der Waals surface area (Å²) in [5.74, 6) is -1.14. The fourth-order valence-corrected chi connectivity index (χ4v) is 0.561. The van der Waals surface area contributed by atoms with Gasteiger partial charge in [0.25, 0.3) is 0 Å². The zero-order chi connectivity index (χ0) is 10.1. The number of carbonyl (C=O) groups is 2. The van der Waals surface area contributed by atoms with E-state index in [1.807, 2.05) is 6.92 Å². The Morgan fingerprint density at radius 3 is 2.62 bits per heavy atom. The molecule has 0 saturated heterocycles. The second kappa shape index (κ2) is 7.34. The summed E-state index contributed by atoms with van der Waals surface area (Å²) in [6, 6.07) is 0. The molecular weight excluding hydrogens is 172 g/mol. The van der Waals surface area contributed by atoms with Gasteiger partial charge in [0.1, 0.15) is 0 Å². The molecule has 0 saturated carbocycles. The Morgan fingerprint density at radius 1 is 1.38 bits per heavy atom. The van der Waals surface area contributed by atoms with Crippen LogP contribution in [0.3, 0.4) is 0 Å². The molecule has 0 N–H and O–H groups in total. The van der Waals surface area contributed by atoms with Gasteiger partial charge in [-0.2, -0.15) is 0 Å². The van der Waals surface area contributed by atoms with Crippen LogP contribution in [0.2, 0.25) is 0 Å². The van der Waals surface area contributed by atoms with Gasteiger partial charge in [0.05, 0.1) is 6.61 Å². The van der Waals surface area contributed by atoms with Crippen LogP contribution in [0.15, 0.2) is 12.7 Å². The molecule has 4 heteroatoms. The smallest absolute Gasteiger partial charge is 0.344 e. The molecule has 74 valence electrons. The van der Waals surface area contributed by atoms with Crippen molar-refractivity contribution in [3.05, 3.63) is 12.7 Å². The third-order valence-electron chi connectivity index (χ3n) is 1.26. The summed E-state index contributed by atoms with van der Waals surface area (Å²) >= 11 is 0. The Labute approximate surface area is 77.5 Å². The van der Waals surface area contributed by atoms with Crippen molar-refractivity contribution in [1.29, 1.82) is 0 Å². The monoisotopic (exact) mass is 186 g/mol. The van der Waals surface area contributed by atoms with E-state index in [1.54, 1.807) is 0 Å². The van der Waals surface area contributed by atoms with Gasteiger partial charge in [-0.3, -0.25) is 0 Å². The molecule has 0 rings (SSSR count). The third kappa shape index (κ3) is 7.05. The van der Waals surface area contributed by atoms with Crippen molar-refractivity contribution in [1.82, 2.24) is 0 Å². The predicted octanol–water partition coefficient (Wildman–Crippen LogP) is 1.06. The van der Waals surface area contributed by atoms with E-state index in [4.69, 9.17) is 4.74 Å². The molecule has 0 aromatic rings. The quantitative estimate of drug-likeness (QED) is 0.353. The topological polar surface area (TPSA) is 52.6 Å². The van der Waals surface area contributed by atoms with E-state index in [1.165, 1.54) is 0 Å². The van der Waals surface area contributed by atoms with Crippen molar-refractivity contribution < 1.29 is 19.1 Å². The van der Waals surface area contributed by atoms with Crippen molar-refractivity contribution in [3.8, 4) is 0 Å². The minimum atomic E-state index is -0.618. The molecule has 0 radical (unpaired) electrons. The Hall–Kier alpha value is -1.32. The zero-order valence-corrected chi connectivity index (χ0v) is 7.75. The van der Waals surface area contributed by atoms with Gasteiger partial charge in [-0.1, -0.05) is 19.9 Å². The Kier molecular flexibility index (Phi) is 6.59. The van der Waals surface area contributed by atoms with E-state index >= 15 is 0 Å². The van der Waals surface area contributed by atoms with Crippen molar-refractivity contribution in [2.45, 2.75) is 19.8 Å². The molecule has 4 nitrogen and oxygen atoms in total. The minimum Gasteiger partial charge on any atom is -0.463 e. The molecule has 0 unspecified atom stereocenters. The predicted molar refractivity (Wildman–Crippen MR) is 47.0 cm³/mol. The highest BCUT2D eigenvalue weighted by Crippen LogP contribution is 1.89. The second-order valence-electron chi connectivity index (χ2n) is 2.39. The second-order valence-corrected chi connectivity index (χ2v) is 2.39. The van der Waals surface area contributed by atoms with Crippen LogP contribution in [0, 0.1) is 0 Å². The first-order valence-corrected chi connectivity index (χ1v) is 4.15. The molecule has 0 atom stereocenters. The summed E-state index contributed by atoms with van der Waals surface area (Å²) in [5.41, 5.74) is 0. The van der Waals surface area contributed by atoms with Crippen molar-refractivity contribution in [3.63, 3.8) is 0 Å². The molecule has 0 aromatic heterocycles. The largest absolute Gasteiger partial charge is 0.463 e. The molecule has 0 aliphatic heterocycles. The Morgan fingerprint density at radius 2 is 2.08 bits per heavy atom. The minimum absolute atomic E-state index is 0.339. The average Bonchev–Trinajstić information content (AvgIpc) is 2.14. The lowest BCUT2D eigenvalue weighted by atomic mass is 10.4. The van der Waals surface area contributed by atoms with Crippen LogP contribution < -0.4 is 0 Å². The van der Waals surface area contributed by atoms with Gasteiger partial charge in [0.15, 0.2) is 6.61 Å². The first-order valence-electron chi connectivity index (χ1n) is 4.15. The molecule has 0 fully saturated rings. The van der Waals surface area contributed by atoms with E-state index in [0.29, 0.717) is 6.61 Å². The fraction of sp³-hybridized carbons (Fsp3) is 0.556. The average molecular weight is 186 g/mol. The van der Waals surface area contributed by atoms with Crippen molar-refractivity contribution >= 4 is 11.9 Å². The SMILES string of the molecule is C=CC(=O)OCC(=O)OCCCC. The van der Waals surface area contributed by atoms with E-state index < -0.39 is 11.9 Å². The molecule has 0 aliphatic rings. The maximum absolute atomic E-state index is 10.8. The van der Waals surface area contributed by atoms with Crippen LogP contribution >= 0.6 is 0 Å². The highest BCUT2D eigenvalue weighted by atomic mass is 16.6. The number of esters is 2. The van der Waals surface area contributed by atoms with Gasteiger partial charge < -0.3 is 9.47 Å². The maximum atomic E-state index is 10.8. The van der Waals surface area contributed by atoms with Gasteiger partial charge >= 0.3 is 11.9 Å². The van der Waals surface area contributed by atoms with Crippen LogP contribution in [-0.4, -0.2) is 25.2 Å². The molecule has 0 heterocycles. The first-order chi connectivity index (χ1) is 6.20. The maximum Gasteiger partial charge on any atom is 0.344 e. The number of unbranched alkanes of at least 4 members (excludes halogenated alkanes) is 1. The highest BCUT2D eigenvalue weighted by molar-refractivity contribution is 5.83. The molecule has 0 aliphatic carbocycles. The van der Waals surface area contributed by atoms with Crippen LogP contribution in [0.1, 0.15) is 19.8 Å². The summed E-state index contributed by atoms with van der Waals surface area (Å²) in [7, 11) is 0. The van der Waals surface area contributed by atoms with Crippen LogP contribution in [0.4, 0.5) is 0 Å². The van der Waals surface area contributed by atoms with Crippen molar-refractivity contribution in [2.24, 2.45) is 0 Å². The molecule has 0 amide bonds. The normalized spacial score (nSPS) is 9.00. The van der Waals surface area contributed by atoms with Gasteiger partial charge in [-0.25, -0.2) is 9.59 Å². The van der Waals surface area contributed by atoms with Gasteiger partial charge in [-0.15, -0.1) is 0 Å². The van der Waals surface area contributed by atoms with Crippen LogP contribution in [0.5, 0.6) is 0 Å². The Bertz CT molecular complexity index is 186. The summed E-state index contributed by atoms with van der Waals surface area (Å²) in [4.78, 5) is 21.3. The lowest BCUT2D eigenvalue weighted by Crippen LogP contribution is -2.15. The molecule has 0 bridgehead atoms. The van der Waals surface area contributed by atoms with E-state index in [-0.39, 0.29) is 6.61 Å². The number of hydrogen-bond acceptors (Lipinski definition) is 4. The summed E-state index contributed by atoms with van der Waals surface area (Å²) in [6.07, 6.45) is 2.78. The first kappa shape index (κ1) is 11.7. The van der Waals surface area contributed by atoms with E-state index in [2.05, 4.69) is 11.3 Å². The van der Waals surface area contributed by atoms with Gasteiger partial charge in [-0.05, 0) is 6.42 Å². The molecule has 0 aromatic carbocycles. The number of rotatable bonds is 6. The molecule has 0 spiro atoms. The molecular formula is C9H14O4. The summed E-state index contributed by atoms with van der Waals surface area (Å²) in [6.45, 7) is 5.22. The lowest BCUT2D eigenvalue weighted by molar-refractivity contribution is -0.156. The standard InChI is InChI=1S/C9H14O4/c1-3-5-6-12-9(11)7-13-8(10)4-2/h4H,2-3,5-7H2,1H3. The van der Waals surface area contributed by atoms with E-state index in [0.717, 1.165) is 18.9 Å². The number of carbonyl (C=O) groups excluding carboxylic acids is 2. The van der Waals surface area contributed by atoms with Crippen LogP contribution in [-0.2, 0) is 19.1 Å². The van der Waals surface area contributed by atoms with Gasteiger partial charge in [0.2, 0.25) is 0 Å². The number of ether oxygens (including phenoxy) is 2. The lowest BCUT2D eigenvalue weighted by Gasteiger charge is -2.03. The van der Waals surface area contributed by atoms with E-state index in [9.17, 15) is 9.59 Å². The highest BCUT2D eigenvalue weighted by Gasteiger charge is 2.04. The van der Waals surface area contributed by atoms with Crippen LogP contribution in [0.25, 0.3) is 0 Å². The summed E-state index contributed by atoms with van der Waals surface area (Å²) in [5, 5.41) is 0. The van der Waals surface area contributed by atoms with Crippen molar-refractivity contribution in [2.75, 3.05) is 13.2 Å². The Balaban J connectivity index is 3.40. The molecule has 13 heavy (non-hydrogen) atoms. The summed E-state index contributed by atoms with van der Waals surface area (Å²) < 4.78 is 9.18. The zero-order valence-electron chi connectivity index (χ0n) is 7.75. The number of hydrogen-bond donors (Lipinski definition) is 0. The third-order valence-corrected chi connectivity index (χ3v) is 1.26. The van der Waals surface area contributed by atoms with Gasteiger partial charge in [0, 0.05) is 6.08 Å². The fourth-order valence-electron chi connectivity index (χ4n) is 0.561.